The van der Waals surface area contributed by atoms with Crippen LogP contribution < -0.4 is 15.5 Å². The molecule has 6 nitrogen and oxygen atoms in total. The molecule has 0 radical (unpaired) electrons. The number of nitrogens with one attached hydrogen (secondary N) is 2. The van der Waals surface area contributed by atoms with Gasteiger partial charge in [-0.05, 0) is 44.1 Å². The number of hydrogen-bond donors (Lipinski definition) is 2. The monoisotopic (exact) mass is 401 g/mol. The Balaban J connectivity index is 2.08. The Morgan fingerprint density at radius 1 is 1.50 bits per heavy atom. The summed E-state index contributed by atoms with van der Waals surface area (Å²) < 4.78 is 24.4. The standard InChI is InChI=1S/C17H21ClFN3O3S/c1-11(5-6-16(23)24-2)25-15-10-14(13(19)9-12(15)18)21-17(26)22-8-4-3-7-20-22/h5-6,9-11,20H,3-4,7-8H2,1-2H3,(H,21,26). The Labute approximate surface area is 162 Å². The van der Waals surface area contributed by atoms with Crippen molar-refractivity contribution in [3.8, 4) is 5.75 Å². The van der Waals surface area contributed by atoms with Crippen LogP contribution in [0.2, 0.25) is 5.02 Å². The highest BCUT2D eigenvalue weighted by molar-refractivity contribution is 7.80. The lowest BCUT2D eigenvalue weighted by molar-refractivity contribution is -0.134. The summed E-state index contributed by atoms with van der Waals surface area (Å²) in [4.78, 5) is 11.1. The second kappa shape index (κ2) is 9.70. The summed E-state index contributed by atoms with van der Waals surface area (Å²) >= 11 is 11.4. The average Bonchev–Trinajstić information content (AvgIpc) is 2.64. The van der Waals surface area contributed by atoms with Crippen molar-refractivity contribution in [2.24, 2.45) is 0 Å². The topological polar surface area (TPSA) is 62.8 Å². The van der Waals surface area contributed by atoms with Crippen molar-refractivity contribution in [3.63, 3.8) is 0 Å². The minimum absolute atomic E-state index is 0.119. The Morgan fingerprint density at radius 2 is 2.27 bits per heavy atom. The van der Waals surface area contributed by atoms with Crippen LogP contribution in [0.5, 0.6) is 5.75 Å². The van der Waals surface area contributed by atoms with Gasteiger partial charge < -0.3 is 14.8 Å². The molecule has 1 aromatic rings. The fourth-order valence-corrected chi connectivity index (χ4v) is 2.74. The third-order valence-corrected chi connectivity index (χ3v) is 4.25. The molecule has 0 aliphatic carbocycles. The predicted octanol–water partition coefficient (Wildman–Crippen LogP) is 3.27. The van der Waals surface area contributed by atoms with Crippen LogP contribution in [-0.4, -0.2) is 42.4 Å². The van der Waals surface area contributed by atoms with Gasteiger partial charge >= 0.3 is 5.97 Å². The first-order valence-corrected chi connectivity index (χ1v) is 8.93. The van der Waals surface area contributed by atoms with E-state index in [-0.39, 0.29) is 16.5 Å². The summed E-state index contributed by atoms with van der Waals surface area (Å²) in [5, 5.41) is 5.13. The summed E-state index contributed by atoms with van der Waals surface area (Å²) in [5.74, 6) is -0.765. The van der Waals surface area contributed by atoms with E-state index >= 15 is 0 Å². The van der Waals surface area contributed by atoms with Crippen molar-refractivity contribution < 1.29 is 18.7 Å². The van der Waals surface area contributed by atoms with Gasteiger partial charge in [-0.1, -0.05) is 11.6 Å². The molecule has 1 saturated heterocycles. The number of carbonyl (C=O) groups excluding carboxylic acids is 1. The molecule has 0 spiro atoms. The number of hydrazine groups is 1. The Kier molecular flexibility index (Phi) is 7.62. The first-order valence-electron chi connectivity index (χ1n) is 8.14. The predicted molar refractivity (Wildman–Crippen MR) is 103 cm³/mol. The molecule has 26 heavy (non-hydrogen) atoms. The van der Waals surface area contributed by atoms with Gasteiger partial charge in [0.1, 0.15) is 17.7 Å². The lowest BCUT2D eigenvalue weighted by Crippen LogP contribution is -2.48. The molecule has 142 valence electrons. The third kappa shape index (κ3) is 5.82. The van der Waals surface area contributed by atoms with Crippen molar-refractivity contribution >= 4 is 40.6 Å². The van der Waals surface area contributed by atoms with E-state index in [1.807, 2.05) is 0 Å². The van der Waals surface area contributed by atoms with Crippen LogP contribution in [0.15, 0.2) is 24.3 Å². The van der Waals surface area contributed by atoms with E-state index in [4.69, 9.17) is 28.6 Å². The summed E-state index contributed by atoms with van der Waals surface area (Å²) in [6.07, 6.45) is 4.37. The normalized spacial score (nSPS) is 15.6. The van der Waals surface area contributed by atoms with Gasteiger partial charge in [0.05, 0.1) is 17.8 Å². The average molecular weight is 402 g/mol. The number of rotatable bonds is 5. The molecule has 1 aliphatic rings. The first-order chi connectivity index (χ1) is 12.4. The number of esters is 1. The van der Waals surface area contributed by atoms with Gasteiger partial charge in [0.25, 0.3) is 0 Å². The number of anilines is 1. The Hall–Kier alpha value is -1.90. The highest BCUT2D eigenvalue weighted by Crippen LogP contribution is 2.31. The molecule has 1 atom stereocenters. The molecule has 0 amide bonds. The zero-order chi connectivity index (χ0) is 19.1. The Morgan fingerprint density at radius 3 is 2.92 bits per heavy atom. The second-order valence-electron chi connectivity index (χ2n) is 5.66. The molecule has 1 unspecified atom stereocenters. The molecule has 1 heterocycles. The van der Waals surface area contributed by atoms with E-state index in [0.29, 0.717) is 5.11 Å². The lowest BCUT2D eigenvalue weighted by Gasteiger charge is -2.30. The van der Waals surface area contributed by atoms with Gasteiger partial charge in [0.15, 0.2) is 5.11 Å². The molecule has 2 rings (SSSR count). The number of carbonyl (C=O) groups is 1. The summed E-state index contributed by atoms with van der Waals surface area (Å²) in [5.41, 5.74) is 3.30. The molecule has 1 fully saturated rings. The van der Waals surface area contributed by atoms with Gasteiger partial charge in [0.2, 0.25) is 0 Å². The van der Waals surface area contributed by atoms with Crippen LogP contribution in [0.4, 0.5) is 10.1 Å². The molecule has 9 heteroatoms. The van der Waals surface area contributed by atoms with Crippen molar-refractivity contribution in [1.82, 2.24) is 10.4 Å². The number of ether oxygens (including phenoxy) is 2. The smallest absolute Gasteiger partial charge is 0.330 e. The molecule has 1 aromatic carbocycles. The highest BCUT2D eigenvalue weighted by Gasteiger charge is 2.17. The summed E-state index contributed by atoms with van der Waals surface area (Å²) in [6, 6.07) is 2.60. The van der Waals surface area contributed by atoms with Crippen LogP contribution in [-0.2, 0) is 9.53 Å². The molecular formula is C17H21ClFN3O3S. The van der Waals surface area contributed by atoms with Crippen LogP contribution >= 0.6 is 23.8 Å². The van der Waals surface area contributed by atoms with Crippen molar-refractivity contribution in [2.75, 3.05) is 25.5 Å². The fourth-order valence-electron chi connectivity index (χ4n) is 2.28. The maximum atomic E-state index is 14.2. The number of halogens is 2. The maximum Gasteiger partial charge on any atom is 0.330 e. The van der Waals surface area contributed by atoms with Crippen LogP contribution in [0.25, 0.3) is 0 Å². The van der Waals surface area contributed by atoms with Crippen LogP contribution in [0.1, 0.15) is 19.8 Å². The van der Waals surface area contributed by atoms with Crippen molar-refractivity contribution in [1.29, 1.82) is 0 Å². The van der Waals surface area contributed by atoms with Crippen LogP contribution in [0, 0.1) is 5.82 Å². The van der Waals surface area contributed by atoms with E-state index in [1.54, 1.807) is 11.9 Å². The zero-order valence-electron chi connectivity index (χ0n) is 14.6. The van der Waals surface area contributed by atoms with Gasteiger partial charge in [-0.25, -0.2) is 14.6 Å². The van der Waals surface area contributed by atoms with E-state index in [1.165, 1.54) is 25.3 Å². The minimum Gasteiger partial charge on any atom is -0.485 e. The van der Waals surface area contributed by atoms with E-state index < -0.39 is 17.9 Å². The van der Waals surface area contributed by atoms with Gasteiger partial charge in [-0.3, -0.25) is 5.01 Å². The number of hydrogen-bond acceptors (Lipinski definition) is 5. The number of thiocarbonyl (C=S) groups is 1. The van der Waals surface area contributed by atoms with Gasteiger partial charge in [0, 0.05) is 25.2 Å². The van der Waals surface area contributed by atoms with E-state index in [0.717, 1.165) is 32.0 Å². The number of nitrogens with zero attached hydrogens (tertiary/aromatic N) is 1. The SMILES string of the molecule is COC(=O)C=CC(C)Oc1cc(NC(=S)N2CCCCN2)c(F)cc1Cl. The molecular weight excluding hydrogens is 381 g/mol. The molecule has 0 saturated carbocycles. The summed E-state index contributed by atoms with van der Waals surface area (Å²) in [7, 11) is 1.28. The number of methoxy groups -OCH3 is 1. The second-order valence-corrected chi connectivity index (χ2v) is 6.46. The molecule has 1 aliphatic heterocycles. The largest absolute Gasteiger partial charge is 0.485 e. The van der Waals surface area contributed by atoms with Crippen molar-refractivity contribution in [2.45, 2.75) is 25.9 Å². The third-order valence-electron chi connectivity index (χ3n) is 3.64. The highest BCUT2D eigenvalue weighted by atomic mass is 35.5. The molecule has 0 aromatic heterocycles. The Bertz CT molecular complexity index is 696. The lowest BCUT2D eigenvalue weighted by atomic mass is 10.2. The fraction of sp³-hybridized carbons (Fsp3) is 0.412. The van der Waals surface area contributed by atoms with Gasteiger partial charge in [-0.2, -0.15) is 0 Å². The zero-order valence-corrected chi connectivity index (χ0v) is 16.1. The maximum absolute atomic E-state index is 14.2. The quantitative estimate of drug-likeness (QED) is 0.446. The molecule has 0 bridgehead atoms. The van der Waals surface area contributed by atoms with Crippen LogP contribution in [0.3, 0.4) is 0 Å². The van der Waals surface area contributed by atoms with E-state index in [9.17, 15) is 9.18 Å². The van der Waals surface area contributed by atoms with Gasteiger partial charge in [-0.15, -0.1) is 0 Å². The van der Waals surface area contributed by atoms with E-state index in [2.05, 4.69) is 15.5 Å². The molecule has 2 N–H and O–H groups in total. The number of benzene rings is 1. The van der Waals surface area contributed by atoms with Crippen molar-refractivity contribution in [3.05, 3.63) is 35.1 Å². The first kappa shape index (κ1) is 20.4. The summed E-state index contributed by atoms with van der Waals surface area (Å²) in [6.45, 7) is 3.29. The minimum atomic E-state index is -0.542.